The second-order valence-electron chi connectivity index (χ2n) is 5.88. The third kappa shape index (κ3) is 2.92. The topological polar surface area (TPSA) is 26.5 Å². The van der Waals surface area contributed by atoms with Gasteiger partial charge in [-0.25, -0.2) is 4.98 Å². The van der Waals surface area contributed by atoms with Crippen molar-refractivity contribution in [1.29, 1.82) is 0 Å². The van der Waals surface area contributed by atoms with Crippen LogP contribution >= 0.6 is 23.7 Å². The van der Waals surface area contributed by atoms with Crippen LogP contribution in [0.25, 0.3) is 16.2 Å². The molecule has 2 heterocycles. The number of fused-ring (bicyclic) bond motifs is 1. The molecule has 3 nitrogen and oxygen atoms in total. The molecular weight excluding hydrogens is 304 g/mol. The Bertz CT molecular complexity index is 755. The van der Waals surface area contributed by atoms with Crippen molar-refractivity contribution in [3.63, 3.8) is 0 Å². The summed E-state index contributed by atoms with van der Waals surface area (Å²) in [4.78, 5) is 5.76. The Hall–Kier alpha value is -1.52. The molecule has 0 spiro atoms. The summed E-state index contributed by atoms with van der Waals surface area (Å²) in [6, 6.07) is 8.12. The maximum absolute atomic E-state index is 5.30. The van der Waals surface area contributed by atoms with E-state index in [1.165, 1.54) is 0 Å². The number of ether oxygens (including phenoxy) is 1. The van der Waals surface area contributed by atoms with E-state index in [9.17, 15) is 0 Å². The van der Waals surface area contributed by atoms with E-state index in [0.29, 0.717) is 0 Å². The number of benzene rings is 1. The average molecular weight is 323 g/mol. The fraction of sp³-hybridized carbons (Fsp3) is 0.312. The molecule has 0 aliphatic rings. The minimum absolute atomic E-state index is 0. The Labute approximate surface area is 135 Å². The predicted octanol–water partition coefficient (Wildman–Crippen LogP) is 4.79. The summed E-state index contributed by atoms with van der Waals surface area (Å²) in [5, 5.41) is 2.14. The second kappa shape index (κ2) is 5.70. The van der Waals surface area contributed by atoms with Gasteiger partial charge >= 0.3 is 0 Å². The smallest absolute Gasteiger partial charge is 0.194 e. The zero-order chi connectivity index (χ0) is 14.3. The molecule has 112 valence electrons. The van der Waals surface area contributed by atoms with Crippen molar-refractivity contribution in [3.05, 3.63) is 41.5 Å². The Morgan fingerprint density at radius 1 is 1.24 bits per heavy atom. The van der Waals surface area contributed by atoms with E-state index in [0.717, 1.165) is 27.7 Å². The number of methoxy groups -OCH3 is 1. The van der Waals surface area contributed by atoms with Crippen LogP contribution in [0.3, 0.4) is 0 Å². The van der Waals surface area contributed by atoms with Crippen LogP contribution in [-0.2, 0) is 5.41 Å². The number of imidazole rings is 1. The first-order valence-corrected chi connectivity index (χ1v) is 7.48. The molecule has 0 N–H and O–H groups in total. The van der Waals surface area contributed by atoms with Gasteiger partial charge in [0, 0.05) is 22.6 Å². The van der Waals surface area contributed by atoms with Gasteiger partial charge in [-0.05, 0) is 12.1 Å². The number of aromatic nitrogens is 2. The van der Waals surface area contributed by atoms with Gasteiger partial charge in [-0.2, -0.15) is 0 Å². The van der Waals surface area contributed by atoms with Crippen molar-refractivity contribution in [2.24, 2.45) is 0 Å². The summed E-state index contributed by atoms with van der Waals surface area (Å²) < 4.78 is 7.47. The lowest BCUT2D eigenvalue weighted by molar-refractivity contribution is 0.415. The molecule has 5 heteroatoms. The molecular formula is C16H19ClN2OS. The van der Waals surface area contributed by atoms with Crippen LogP contribution in [0.4, 0.5) is 0 Å². The maximum atomic E-state index is 5.30. The number of hydrogen-bond acceptors (Lipinski definition) is 3. The molecule has 3 rings (SSSR count). The summed E-state index contributed by atoms with van der Waals surface area (Å²) >= 11 is 1.67. The molecule has 0 fully saturated rings. The highest BCUT2D eigenvalue weighted by molar-refractivity contribution is 7.15. The van der Waals surface area contributed by atoms with Crippen molar-refractivity contribution in [3.8, 4) is 17.0 Å². The third-order valence-electron chi connectivity index (χ3n) is 3.34. The van der Waals surface area contributed by atoms with Crippen molar-refractivity contribution in [2.45, 2.75) is 26.2 Å². The lowest BCUT2D eigenvalue weighted by Gasteiger charge is -2.13. The second-order valence-corrected chi connectivity index (χ2v) is 6.72. The lowest BCUT2D eigenvalue weighted by atomic mass is 9.93. The highest BCUT2D eigenvalue weighted by atomic mass is 35.5. The first-order valence-electron chi connectivity index (χ1n) is 6.60. The molecule has 3 aromatic rings. The summed E-state index contributed by atoms with van der Waals surface area (Å²) in [7, 11) is 1.69. The van der Waals surface area contributed by atoms with Crippen LogP contribution in [0.2, 0.25) is 0 Å². The van der Waals surface area contributed by atoms with Crippen molar-refractivity contribution >= 4 is 28.7 Å². The van der Waals surface area contributed by atoms with Crippen molar-refractivity contribution < 1.29 is 4.74 Å². The Morgan fingerprint density at radius 3 is 2.67 bits per heavy atom. The zero-order valence-corrected chi connectivity index (χ0v) is 14.2. The van der Waals surface area contributed by atoms with Crippen molar-refractivity contribution in [1.82, 2.24) is 9.38 Å². The number of halogens is 1. The molecule has 0 saturated carbocycles. The summed E-state index contributed by atoms with van der Waals surface area (Å²) in [5.74, 6) is 0.873. The molecule has 0 unspecified atom stereocenters. The highest BCUT2D eigenvalue weighted by Gasteiger charge is 2.19. The van der Waals surface area contributed by atoms with Crippen LogP contribution < -0.4 is 4.74 Å². The van der Waals surface area contributed by atoms with Gasteiger partial charge in [0.05, 0.1) is 18.5 Å². The highest BCUT2D eigenvalue weighted by Crippen LogP contribution is 2.31. The first kappa shape index (κ1) is 15.9. The Morgan fingerprint density at radius 2 is 2.00 bits per heavy atom. The van der Waals surface area contributed by atoms with E-state index in [1.807, 2.05) is 12.1 Å². The van der Waals surface area contributed by atoms with E-state index in [2.05, 4.69) is 48.9 Å². The minimum Gasteiger partial charge on any atom is -0.497 e. The van der Waals surface area contributed by atoms with E-state index >= 15 is 0 Å². The lowest BCUT2D eigenvalue weighted by Crippen LogP contribution is -2.11. The number of thiazole rings is 1. The Balaban J connectivity index is 0.00000161. The summed E-state index contributed by atoms with van der Waals surface area (Å²) in [5.41, 5.74) is 3.49. The number of hydrogen-bond donors (Lipinski definition) is 0. The maximum Gasteiger partial charge on any atom is 0.194 e. The SMILES string of the molecule is COc1cccc(-c2csc3nc(C(C)(C)C)cn23)c1.Cl. The zero-order valence-electron chi connectivity index (χ0n) is 12.6. The number of nitrogens with zero attached hydrogens (tertiary/aromatic N) is 2. The standard InChI is InChI=1S/C16H18N2OS.ClH/c1-16(2,3)14-9-18-13(10-20-15(18)17-14)11-6-5-7-12(8-11)19-4;/h5-10H,1-4H3;1H. The van der Waals surface area contributed by atoms with Gasteiger partial charge in [0.2, 0.25) is 0 Å². The first-order chi connectivity index (χ1) is 9.49. The fourth-order valence-corrected chi connectivity index (χ4v) is 3.02. The molecule has 0 radical (unpaired) electrons. The normalized spacial score (nSPS) is 11.4. The molecule has 0 aliphatic heterocycles. The monoisotopic (exact) mass is 322 g/mol. The van der Waals surface area contributed by atoms with Gasteiger partial charge in [-0.3, -0.25) is 4.40 Å². The number of rotatable bonds is 2. The van der Waals surface area contributed by atoms with E-state index in [4.69, 9.17) is 9.72 Å². The van der Waals surface area contributed by atoms with Crippen molar-refractivity contribution in [2.75, 3.05) is 7.11 Å². The van der Waals surface area contributed by atoms with Crippen LogP contribution in [0.5, 0.6) is 5.75 Å². The summed E-state index contributed by atoms with van der Waals surface area (Å²) in [6.45, 7) is 6.56. The quantitative estimate of drug-likeness (QED) is 0.678. The van der Waals surface area contributed by atoms with Gasteiger partial charge in [-0.15, -0.1) is 23.7 Å². The molecule has 1 aromatic carbocycles. The van der Waals surface area contributed by atoms with Gasteiger partial charge in [0.25, 0.3) is 0 Å². The molecule has 0 saturated heterocycles. The minimum atomic E-state index is 0. The largest absolute Gasteiger partial charge is 0.497 e. The summed E-state index contributed by atoms with van der Waals surface area (Å²) in [6.07, 6.45) is 2.14. The Kier molecular flexibility index (Phi) is 4.30. The predicted molar refractivity (Wildman–Crippen MR) is 91.0 cm³/mol. The van der Waals surface area contributed by atoms with E-state index in [1.54, 1.807) is 18.4 Å². The van der Waals surface area contributed by atoms with E-state index in [-0.39, 0.29) is 17.8 Å². The van der Waals surface area contributed by atoms with Gasteiger partial charge in [-0.1, -0.05) is 32.9 Å². The van der Waals surface area contributed by atoms with Crippen LogP contribution in [0.15, 0.2) is 35.8 Å². The fourth-order valence-electron chi connectivity index (χ4n) is 2.14. The van der Waals surface area contributed by atoms with E-state index < -0.39 is 0 Å². The molecule has 0 bridgehead atoms. The van der Waals surface area contributed by atoms with Gasteiger partial charge < -0.3 is 4.74 Å². The van der Waals surface area contributed by atoms with Crippen LogP contribution in [0, 0.1) is 0 Å². The molecule has 2 aromatic heterocycles. The third-order valence-corrected chi connectivity index (χ3v) is 4.18. The average Bonchev–Trinajstić information content (AvgIpc) is 2.97. The molecule has 0 amide bonds. The molecule has 0 atom stereocenters. The van der Waals surface area contributed by atoms with Gasteiger partial charge in [0.1, 0.15) is 5.75 Å². The van der Waals surface area contributed by atoms with Crippen LogP contribution in [0.1, 0.15) is 26.5 Å². The van der Waals surface area contributed by atoms with Gasteiger partial charge in [0.15, 0.2) is 4.96 Å². The molecule has 0 aliphatic carbocycles. The van der Waals surface area contributed by atoms with Crippen LogP contribution in [-0.4, -0.2) is 16.5 Å². The molecule has 21 heavy (non-hydrogen) atoms.